The summed E-state index contributed by atoms with van der Waals surface area (Å²) in [7, 11) is -33.9. The van der Waals surface area contributed by atoms with Gasteiger partial charge >= 0.3 is 14.9 Å². The number of rotatable bonds is 49. The number of nitrogens with zero attached hydrogens (tertiary/aromatic N) is 10. The molecule has 0 aliphatic carbocycles. The Bertz CT molecular complexity index is 5210. The lowest BCUT2D eigenvalue weighted by atomic mass is 9.95. The van der Waals surface area contributed by atoms with Gasteiger partial charge in [0.15, 0.2) is 40.0 Å². The first-order valence-electron chi connectivity index (χ1n) is 39.5. The molecular weight excluding hydrogens is 1650 g/mol. The molecule has 6 bridgehead atoms. The number of unbranched alkanes of at least 4 members (excludes halogenated alkanes) is 2. The van der Waals surface area contributed by atoms with Crippen molar-refractivity contribution in [1.82, 2.24) is 19.1 Å². The maximum absolute atomic E-state index is 15.4. The number of hydrogen-bond acceptors (Lipinski definition) is 21. The zero-order valence-corrected chi connectivity index (χ0v) is 73.3. The van der Waals surface area contributed by atoms with Crippen molar-refractivity contribution in [3.63, 3.8) is 0 Å². The topological polar surface area (TPSA) is 470 Å². The van der Waals surface area contributed by atoms with Gasteiger partial charge in [0.25, 0.3) is 50.6 Å². The number of aliphatic imine (C=N–C) groups is 4. The van der Waals surface area contributed by atoms with Gasteiger partial charge in [0.05, 0.1) is 81.1 Å². The van der Waals surface area contributed by atoms with E-state index in [0.717, 1.165) is 22.3 Å². The highest BCUT2D eigenvalue weighted by atomic mass is 32.2. The van der Waals surface area contributed by atoms with E-state index in [0.29, 0.717) is 138 Å². The average molecular weight is 1760 g/mol. The highest BCUT2D eigenvalue weighted by Crippen LogP contribution is 2.46. The molecule has 0 saturated carbocycles. The summed E-state index contributed by atoms with van der Waals surface area (Å²) in [5.74, 6) is -3.24. The van der Waals surface area contributed by atoms with Crippen LogP contribution in [-0.2, 0) is 73.2 Å². The van der Waals surface area contributed by atoms with E-state index in [1.54, 1.807) is 0 Å². The van der Waals surface area contributed by atoms with Crippen LogP contribution in [0.25, 0.3) is 21.5 Å². The lowest BCUT2D eigenvalue weighted by Crippen LogP contribution is -2.70. The van der Waals surface area contributed by atoms with Gasteiger partial charge in [-0.3, -0.25) is 45.6 Å². The van der Waals surface area contributed by atoms with Crippen molar-refractivity contribution >= 4 is 150 Å². The smallest absolute Gasteiger partial charge is 0.481 e. The molecule has 33 nitrogen and oxygen atoms in total. The number of amides is 2. The molecule has 0 saturated heterocycles. The van der Waals surface area contributed by atoms with Crippen molar-refractivity contribution in [2.75, 3.05) is 94.2 Å². The summed E-state index contributed by atoms with van der Waals surface area (Å²) in [5.41, 5.74) is 3.74. The SMILES string of the molecule is CCCC[N+](CCCC(CCC[N+](CCCS(=O)(=O)O)(CCCS(=O)(=O)O)CCCS(=O)(=O)O)C(=O)NCCC[Si](C)(C)O[Si]1(O[Si](C)(C)CCCNC(=O)CCCCC(=O)O)n2c3c4ccccc4c2N=C2N=C(N=c4c5ccccc5c(n41)=NC1=NC(=N3)c3ccccc31)c1ccccc12)(CCCS(=O)(=O)O)CCCS(=O)(=O)O. The van der Waals surface area contributed by atoms with Crippen molar-refractivity contribution in [1.29, 1.82) is 0 Å². The lowest BCUT2D eigenvalue weighted by molar-refractivity contribution is -0.928. The van der Waals surface area contributed by atoms with E-state index in [1.165, 1.54) is 0 Å². The van der Waals surface area contributed by atoms with Crippen LogP contribution in [0.4, 0.5) is 11.6 Å². The quantitative estimate of drug-likeness (QED) is 0.00768. The van der Waals surface area contributed by atoms with Gasteiger partial charge < -0.3 is 32.9 Å². The van der Waals surface area contributed by atoms with Crippen LogP contribution in [0.5, 0.6) is 0 Å². The molecule has 2 amide bonds. The monoisotopic (exact) mass is 1760 g/mol. The second-order valence-corrected chi connectivity index (χ2v) is 51.4. The van der Waals surface area contributed by atoms with Crippen molar-refractivity contribution < 1.29 is 102 Å². The number of carboxylic acid groups (broad SMARTS) is 1. The third-order valence-corrected chi connectivity index (χ3v) is 37.3. The molecule has 116 heavy (non-hydrogen) atoms. The number of nitrogens with one attached hydrogen (secondary N) is 2. The van der Waals surface area contributed by atoms with E-state index in [2.05, 4.69) is 36.8 Å². The fourth-order valence-electron chi connectivity index (χ4n) is 16.2. The molecule has 6 heterocycles. The Labute approximate surface area is 681 Å². The summed E-state index contributed by atoms with van der Waals surface area (Å²) in [6.45, 7) is 11.9. The van der Waals surface area contributed by atoms with Crippen LogP contribution in [-0.4, -0.2) is 248 Å². The van der Waals surface area contributed by atoms with Crippen LogP contribution in [0.1, 0.15) is 138 Å². The van der Waals surface area contributed by atoms with E-state index >= 15 is 4.79 Å². The molecule has 4 aliphatic heterocycles. The third kappa shape index (κ3) is 24.9. The van der Waals surface area contributed by atoms with Gasteiger partial charge in [0.2, 0.25) is 11.8 Å². The van der Waals surface area contributed by atoms with Crippen molar-refractivity contribution in [3.8, 4) is 0 Å². The van der Waals surface area contributed by atoms with Crippen molar-refractivity contribution in [2.24, 2.45) is 35.9 Å². The average Bonchev–Trinajstić information content (AvgIpc) is 1.52. The molecule has 6 aromatic rings. The molecule has 0 fully saturated rings. The number of quaternary nitrogens is 2. The predicted molar refractivity (Wildman–Crippen MR) is 451 cm³/mol. The highest BCUT2D eigenvalue weighted by molar-refractivity contribution is 7.86. The fourth-order valence-corrected chi connectivity index (χ4v) is 31.3. The van der Waals surface area contributed by atoms with Gasteiger partial charge in [-0.1, -0.05) is 110 Å². The molecule has 2 unspecified atom stereocenters. The zero-order valence-electron chi connectivity index (χ0n) is 66.2. The Balaban J connectivity index is 1.06. The molecule has 2 aromatic heterocycles. The van der Waals surface area contributed by atoms with Crippen LogP contribution in [0, 0.1) is 5.92 Å². The zero-order chi connectivity index (χ0) is 84.1. The standard InChI is InChI=1S/C75H106N12O21S5Si3/c1-6-7-41-86(44-22-49-109(92,93)94,45-23-50-110(95,96)97)42-18-27-56(28-19-43-87(46-24-51-111(98,99)100,47-25-52-112(101,102)103)48-26-53-113(104,105)106)75(91)77-40-21-55-115(4,5)108-116(107-114(2,3)54-20-39-76-65(88)37-16-17-38-66(89)90)84-71-61-33-12-13-34-62(61)73(84)82-69-59-31-10-11-32-60(59)70(79-69)83-74-64-36-15-14-35-63(64)72(85(74)116)81-68-58-30-9-8-29-57(58)67(78-68)80-71/h8-15,29-36,56H,6-7,16-28,37-55H2,1-5H3,(H6-2,76,77,88,89,90,91,92,93,94,95,96,97,98,99,100,101,102,103,104,105,106)/p+2. The number of fused-ring (bicyclic) bond motifs is 14. The molecule has 2 atom stereocenters. The molecule has 0 radical (unpaired) electrons. The van der Waals surface area contributed by atoms with Crippen molar-refractivity contribution in [3.05, 3.63) is 130 Å². The number of aromatic nitrogens is 2. The first kappa shape index (κ1) is 91.0. The van der Waals surface area contributed by atoms with E-state index in [4.69, 9.17) is 38.2 Å². The Morgan fingerprint density at radius 2 is 0.750 bits per heavy atom. The second-order valence-electron chi connectivity index (χ2n) is 31.8. The summed E-state index contributed by atoms with van der Waals surface area (Å²) < 4.78 is 192. The van der Waals surface area contributed by atoms with Crippen LogP contribution in [0.15, 0.2) is 127 Å². The number of amidine groups is 4. The minimum atomic E-state index is -4.85. The Kier molecular flexibility index (Phi) is 30.1. The number of benzene rings is 4. The van der Waals surface area contributed by atoms with E-state index < -0.39 is 117 Å². The Morgan fingerprint density at radius 3 is 1.11 bits per heavy atom. The minimum absolute atomic E-state index is 0.00419. The number of aliphatic carboxylic acids is 1. The number of hydrogen-bond donors (Lipinski definition) is 8. The van der Waals surface area contributed by atoms with Crippen LogP contribution >= 0.6 is 0 Å². The van der Waals surface area contributed by atoms with Gasteiger partial charge in [-0.2, -0.15) is 42.1 Å². The normalized spacial score (nSPS) is 16.0. The molecule has 634 valence electrons. The van der Waals surface area contributed by atoms with Gasteiger partial charge in [0.1, 0.15) is 22.6 Å². The first-order chi connectivity index (χ1) is 54.6. The van der Waals surface area contributed by atoms with Gasteiger partial charge in [0, 0.05) is 108 Å². The summed E-state index contributed by atoms with van der Waals surface area (Å²) in [5, 5.41) is 18.3. The Hall–Kier alpha value is -7.31. The van der Waals surface area contributed by atoms with Gasteiger partial charge in [-0.15, -0.1) is 0 Å². The van der Waals surface area contributed by atoms with Crippen molar-refractivity contribution in [2.45, 2.75) is 154 Å². The number of carbonyl (C=O) groups is 3. The van der Waals surface area contributed by atoms with E-state index in [9.17, 15) is 79.5 Å². The molecule has 4 aliphatic rings. The molecular formula is C75H108N12O21S5Si3+2. The number of carbonyl (C=O) groups excluding carboxylic acids is 2. The predicted octanol–water partition coefficient (Wildman–Crippen LogP) is 8.47. The fraction of sp³-hybridized carbons (Fsp3) is 0.533. The summed E-state index contributed by atoms with van der Waals surface area (Å²) in [6, 6.07) is 31.9. The molecule has 10 rings (SSSR count). The van der Waals surface area contributed by atoms with Crippen LogP contribution in [0.3, 0.4) is 0 Å². The summed E-state index contributed by atoms with van der Waals surface area (Å²) in [4.78, 5) is 73.0. The van der Waals surface area contributed by atoms with E-state index in [-0.39, 0.29) is 137 Å². The van der Waals surface area contributed by atoms with Gasteiger partial charge in [-0.25, -0.2) is 30.0 Å². The Morgan fingerprint density at radius 1 is 0.422 bits per heavy atom. The van der Waals surface area contributed by atoms with Crippen LogP contribution < -0.4 is 21.6 Å². The maximum Gasteiger partial charge on any atom is 0.582 e. The molecule has 4 aromatic carbocycles. The minimum Gasteiger partial charge on any atom is -0.481 e. The number of carboxylic acids is 1. The molecule has 8 N–H and O–H groups in total. The maximum atomic E-state index is 15.4. The first-order valence-corrected chi connectivity index (χ1v) is 55.5. The molecule has 41 heteroatoms. The lowest BCUT2D eigenvalue weighted by Gasteiger charge is -2.43. The van der Waals surface area contributed by atoms with Gasteiger partial charge in [-0.05, 0) is 96.1 Å². The molecule has 0 spiro atoms. The van der Waals surface area contributed by atoms with Crippen LogP contribution in [0.2, 0.25) is 38.3 Å². The summed E-state index contributed by atoms with van der Waals surface area (Å²) >= 11 is 0. The summed E-state index contributed by atoms with van der Waals surface area (Å²) in [6.07, 6.45) is 3.36. The highest BCUT2D eigenvalue weighted by Gasteiger charge is 2.58. The largest absolute Gasteiger partial charge is 0.582 e. The van der Waals surface area contributed by atoms with E-state index in [1.807, 2.05) is 112 Å². The third-order valence-electron chi connectivity index (χ3n) is 21.6. The second kappa shape index (κ2) is 38.4.